The number of esters is 3. The van der Waals surface area contributed by atoms with Crippen LogP contribution in [0.3, 0.4) is 0 Å². The van der Waals surface area contributed by atoms with Crippen molar-refractivity contribution < 1.29 is 57.9 Å². The van der Waals surface area contributed by atoms with Crippen molar-refractivity contribution in [3.05, 3.63) is 69.8 Å². The van der Waals surface area contributed by atoms with Crippen LogP contribution >= 0.6 is 0 Å². The molecule has 226 valence electrons. The highest BCUT2D eigenvalue weighted by Crippen LogP contribution is 2.23. The Bertz CT molecular complexity index is 1320. The number of fused-ring (bicyclic) bond motifs is 2. The molecule has 0 fully saturated rings. The fraction of sp³-hybridized carbons (Fsp3) is 0.357. The summed E-state index contributed by atoms with van der Waals surface area (Å²) in [5.41, 5.74) is 5.93. The molecule has 0 unspecified atom stereocenters. The van der Waals surface area contributed by atoms with Crippen LogP contribution in [0.2, 0.25) is 0 Å². The van der Waals surface area contributed by atoms with Crippen molar-refractivity contribution in [1.82, 2.24) is 4.90 Å². The summed E-state index contributed by atoms with van der Waals surface area (Å²) >= 11 is 0. The van der Waals surface area contributed by atoms with Gasteiger partial charge in [-0.3, -0.25) is 14.5 Å². The molecule has 2 amide bonds. The van der Waals surface area contributed by atoms with Crippen LogP contribution in [0.5, 0.6) is 0 Å². The third-order valence-corrected chi connectivity index (χ3v) is 5.52. The summed E-state index contributed by atoms with van der Waals surface area (Å²) in [4.78, 5) is 69.0. The molecule has 2 heterocycles. The van der Waals surface area contributed by atoms with Gasteiger partial charge < -0.3 is 34.9 Å². The van der Waals surface area contributed by atoms with Gasteiger partial charge in [0.25, 0.3) is 11.8 Å². The monoisotopic (exact) mass is 588 g/mol. The number of amides is 2. The van der Waals surface area contributed by atoms with Crippen molar-refractivity contribution >= 4 is 35.7 Å². The Morgan fingerprint density at radius 1 is 0.810 bits per heavy atom. The van der Waals surface area contributed by atoms with Crippen molar-refractivity contribution in [2.24, 2.45) is 5.73 Å². The zero-order valence-corrected chi connectivity index (χ0v) is 23.1. The van der Waals surface area contributed by atoms with Crippen molar-refractivity contribution in [1.29, 1.82) is 0 Å². The van der Waals surface area contributed by atoms with Crippen LogP contribution in [-0.4, -0.2) is 104 Å². The van der Waals surface area contributed by atoms with E-state index in [-0.39, 0.29) is 46.9 Å². The van der Waals surface area contributed by atoms with E-state index in [2.05, 4.69) is 4.74 Å². The van der Waals surface area contributed by atoms with E-state index < -0.39 is 29.8 Å². The number of aliphatic hydroxyl groups excluding tert-OH is 1. The first kappa shape index (κ1) is 33.7. The molecule has 14 heteroatoms. The minimum absolute atomic E-state index is 0.00917. The molecule has 0 radical (unpaired) electrons. The van der Waals surface area contributed by atoms with E-state index in [0.29, 0.717) is 38.5 Å². The Morgan fingerprint density at radius 3 is 2.05 bits per heavy atom. The predicted molar refractivity (Wildman–Crippen MR) is 144 cm³/mol. The molecule has 0 atom stereocenters. The lowest BCUT2D eigenvalue weighted by atomic mass is 10.1. The predicted octanol–water partition coefficient (Wildman–Crippen LogP) is 1.15. The summed E-state index contributed by atoms with van der Waals surface area (Å²) < 4.78 is 19.3. The molecule has 0 aromatic heterocycles. The third kappa shape index (κ3) is 9.01. The number of cyclic esters (lactones) is 2. The lowest BCUT2D eigenvalue weighted by molar-refractivity contribution is 0.0317. The van der Waals surface area contributed by atoms with E-state index in [0.717, 1.165) is 17.4 Å². The maximum atomic E-state index is 11.9. The summed E-state index contributed by atoms with van der Waals surface area (Å²) in [5, 5.41) is 16.8. The van der Waals surface area contributed by atoms with Crippen LogP contribution in [-0.2, 0) is 18.9 Å². The van der Waals surface area contributed by atoms with Crippen LogP contribution in [0.1, 0.15) is 75.5 Å². The summed E-state index contributed by atoms with van der Waals surface area (Å²) in [7, 11) is 1.41. The molecule has 0 saturated heterocycles. The number of hydrogen-bond donors (Lipinski definition) is 3. The lowest BCUT2D eigenvalue weighted by Gasteiger charge is -2.06. The molecular weight excluding hydrogens is 556 g/mol. The zero-order chi connectivity index (χ0) is 31.2. The van der Waals surface area contributed by atoms with Crippen LogP contribution in [0, 0.1) is 0 Å². The molecule has 2 aliphatic rings. The average molecular weight is 589 g/mol. The van der Waals surface area contributed by atoms with Gasteiger partial charge in [-0.25, -0.2) is 19.2 Å². The number of rotatable bonds is 11. The van der Waals surface area contributed by atoms with E-state index in [9.17, 15) is 28.8 Å². The molecule has 2 aromatic carbocycles. The van der Waals surface area contributed by atoms with Crippen molar-refractivity contribution in [2.45, 2.75) is 13.3 Å². The number of aliphatic hydroxyl groups is 1. The lowest BCUT2D eigenvalue weighted by Crippen LogP contribution is -2.24. The average Bonchev–Trinajstić information content (AvgIpc) is 3.39. The fourth-order valence-corrected chi connectivity index (χ4v) is 3.48. The molecule has 2 aliphatic heterocycles. The molecule has 2 aromatic rings. The highest BCUT2D eigenvalue weighted by molar-refractivity contribution is 6.21. The number of hydrogen-bond acceptors (Lipinski definition) is 12. The second kappa shape index (κ2) is 16.7. The minimum Gasteiger partial charge on any atom is -0.478 e. The van der Waals surface area contributed by atoms with E-state index in [1.807, 2.05) is 6.92 Å². The Balaban J connectivity index is 0.000000252. The number of imide groups is 1. The number of benzene rings is 2. The summed E-state index contributed by atoms with van der Waals surface area (Å²) in [6.07, 6.45) is 0.905. The number of carbonyl (C=O) groups is 6. The third-order valence-electron chi connectivity index (χ3n) is 5.52. The van der Waals surface area contributed by atoms with Crippen LogP contribution in [0.4, 0.5) is 0 Å². The van der Waals surface area contributed by atoms with Gasteiger partial charge in [0.05, 0.1) is 59.8 Å². The molecule has 0 bridgehead atoms. The Labute approximate surface area is 240 Å². The smallest absolute Gasteiger partial charge is 0.346 e. The van der Waals surface area contributed by atoms with Gasteiger partial charge in [-0.05, 0) is 42.8 Å². The van der Waals surface area contributed by atoms with Gasteiger partial charge in [0.2, 0.25) is 0 Å². The van der Waals surface area contributed by atoms with Gasteiger partial charge in [0, 0.05) is 20.2 Å². The first-order valence-corrected chi connectivity index (χ1v) is 12.8. The van der Waals surface area contributed by atoms with Crippen LogP contribution in [0.15, 0.2) is 36.4 Å². The zero-order valence-electron chi connectivity index (χ0n) is 23.1. The molecule has 0 saturated carbocycles. The number of carboxylic acids is 1. The highest BCUT2D eigenvalue weighted by Gasteiger charge is 2.33. The number of nitrogens with zero attached hydrogens (tertiary/aromatic N) is 1. The Hall–Kier alpha value is -4.50. The standard InChI is InChI=1S/C15H17NO5.C9H4O5.C4H11NO2/c1-3-6-20-7-8-21-15(19)10-4-5-11-12(9-10)14(18)16(2)13(11)17;10-7(11)4-1-2-5-6(3-4)9(13)14-8(5)12;5-1-3-7-4-2-6/h4-5,9H,3,6-8H2,1-2H3;1-3H,(H,10,11);6H,1-5H2. The maximum Gasteiger partial charge on any atom is 0.346 e. The van der Waals surface area contributed by atoms with Crippen molar-refractivity contribution in [3.63, 3.8) is 0 Å². The second-order valence-corrected chi connectivity index (χ2v) is 8.55. The number of carboxylic acid groups (broad SMARTS) is 1. The van der Waals surface area contributed by atoms with Crippen molar-refractivity contribution in [3.8, 4) is 0 Å². The summed E-state index contributed by atoms with van der Waals surface area (Å²) in [6, 6.07) is 8.01. The van der Waals surface area contributed by atoms with Gasteiger partial charge >= 0.3 is 23.9 Å². The number of ether oxygens (including phenoxy) is 4. The summed E-state index contributed by atoms with van der Waals surface area (Å²) in [5.74, 6) is -3.98. The van der Waals surface area contributed by atoms with E-state index in [4.69, 9.17) is 30.2 Å². The molecule has 14 nitrogen and oxygen atoms in total. The van der Waals surface area contributed by atoms with Gasteiger partial charge in [-0.15, -0.1) is 0 Å². The van der Waals surface area contributed by atoms with Crippen LogP contribution < -0.4 is 5.73 Å². The quantitative estimate of drug-likeness (QED) is 0.146. The number of nitrogens with two attached hydrogens (primary N) is 1. The number of aromatic carboxylic acids is 1. The normalized spacial score (nSPS) is 12.9. The summed E-state index contributed by atoms with van der Waals surface area (Å²) in [6.45, 7) is 4.66. The SMILES string of the molecule is CCCOCCOC(=O)c1ccc2c(c1)C(=O)N(C)C2=O.NCCOCCO.O=C(O)c1ccc2c(c1)C(=O)OC2=O. The largest absolute Gasteiger partial charge is 0.478 e. The van der Waals surface area contributed by atoms with Crippen LogP contribution in [0.25, 0.3) is 0 Å². The fourth-order valence-electron chi connectivity index (χ4n) is 3.48. The Kier molecular flexibility index (Phi) is 13.4. The highest BCUT2D eigenvalue weighted by atomic mass is 16.6. The second-order valence-electron chi connectivity index (χ2n) is 8.55. The van der Waals surface area contributed by atoms with E-state index >= 15 is 0 Å². The minimum atomic E-state index is -1.15. The molecule has 4 N–H and O–H groups in total. The first-order chi connectivity index (χ1) is 20.1. The van der Waals surface area contributed by atoms with Gasteiger partial charge in [-0.2, -0.15) is 0 Å². The number of carbonyl (C=O) groups excluding carboxylic acids is 5. The van der Waals surface area contributed by atoms with E-state index in [1.165, 1.54) is 37.4 Å². The topological polar surface area (TPSA) is 209 Å². The maximum absolute atomic E-state index is 11.9. The van der Waals surface area contributed by atoms with E-state index in [1.54, 1.807) is 0 Å². The van der Waals surface area contributed by atoms with Gasteiger partial charge in [0.1, 0.15) is 6.61 Å². The molecule has 42 heavy (non-hydrogen) atoms. The van der Waals surface area contributed by atoms with Crippen molar-refractivity contribution in [2.75, 3.05) is 53.2 Å². The first-order valence-electron chi connectivity index (χ1n) is 12.8. The molecular formula is C28H32N2O12. The molecule has 4 rings (SSSR count). The van der Waals surface area contributed by atoms with Gasteiger partial charge in [-0.1, -0.05) is 6.92 Å². The molecule has 0 spiro atoms. The molecule has 0 aliphatic carbocycles. The van der Waals surface area contributed by atoms with Gasteiger partial charge in [0.15, 0.2) is 0 Å². The Morgan fingerprint density at radius 2 is 1.40 bits per heavy atom.